The van der Waals surface area contributed by atoms with Crippen molar-refractivity contribution in [3.63, 3.8) is 0 Å². The molecule has 2 saturated heterocycles. The van der Waals surface area contributed by atoms with Gasteiger partial charge in [0, 0.05) is 43.8 Å². The number of para-hydroxylation sites is 1. The number of piperidine rings is 1. The summed E-state index contributed by atoms with van der Waals surface area (Å²) >= 11 is 0. The summed E-state index contributed by atoms with van der Waals surface area (Å²) in [7, 11) is 0. The van der Waals surface area contributed by atoms with E-state index in [1.165, 1.54) is 0 Å². The number of amides is 2. The van der Waals surface area contributed by atoms with Crippen LogP contribution in [0.2, 0.25) is 0 Å². The van der Waals surface area contributed by atoms with Crippen LogP contribution >= 0.6 is 0 Å². The van der Waals surface area contributed by atoms with Gasteiger partial charge >= 0.3 is 0 Å². The van der Waals surface area contributed by atoms with Crippen LogP contribution in [0.5, 0.6) is 0 Å². The fourth-order valence-corrected chi connectivity index (χ4v) is 4.83. The van der Waals surface area contributed by atoms with Crippen LogP contribution in [0.15, 0.2) is 54.9 Å². The third-order valence-electron chi connectivity index (χ3n) is 6.45. The van der Waals surface area contributed by atoms with Crippen LogP contribution in [0.1, 0.15) is 31.2 Å². The van der Waals surface area contributed by atoms with Gasteiger partial charge in [-0.15, -0.1) is 0 Å². The van der Waals surface area contributed by atoms with Gasteiger partial charge in [-0.05, 0) is 56.0 Å². The lowest BCUT2D eigenvalue weighted by Gasteiger charge is -2.39. The van der Waals surface area contributed by atoms with Crippen molar-refractivity contribution >= 4 is 17.5 Å². The van der Waals surface area contributed by atoms with E-state index in [0.717, 1.165) is 56.6 Å². The minimum atomic E-state index is -0.218. The number of nitrogens with zero attached hydrogens (tertiary/aromatic N) is 4. The smallest absolute Gasteiger partial charge is 0.242 e. The molecule has 1 unspecified atom stereocenters. The number of likely N-dealkylation sites (tertiary alicyclic amines) is 2. The Morgan fingerprint density at radius 1 is 1.03 bits per heavy atom. The fraction of sp³-hybridized carbons (Fsp3) is 0.458. The second-order valence-corrected chi connectivity index (χ2v) is 8.46. The molecule has 1 atom stereocenters. The van der Waals surface area contributed by atoms with E-state index in [1.54, 1.807) is 6.20 Å². The first-order chi connectivity index (χ1) is 15.1. The Hall–Kier alpha value is -2.93. The van der Waals surface area contributed by atoms with Gasteiger partial charge < -0.3 is 15.5 Å². The third-order valence-corrected chi connectivity index (χ3v) is 6.45. The molecule has 1 aromatic heterocycles. The van der Waals surface area contributed by atoms with Crippen molar-refractivity contribution in [3.8, 4) is 0 Å². The van der Waals surface area contributed by atoms with Crippen LogP contribution in [0.25, 0.3) is 0 Å². The van der Waals surface area contributed by atoms with Crippen LogP contribution < -0.4 is 10.6 Å². The Labute approximate surface area is 183 Å². The van der Waals surface area contributed by atoms with Crippen molar-refractivity contribution in [3.05, 3.63) is 60.4 Å². The van der Waals surface area contributed by atoms with Crippen LogP contribution in [0.3, 0.4) is 0 Å². The molecule has 2 aliphatic rings. The molecule has 7 nitrogen and oxygen atoms in total. The van der Waals surface area contributed by atoms with Crippen molar-refractivity contribution in [2.45, 2.75) is 44.3 Å². The van der Waals surface area contributed by atoms with Crippen molar-refractivity contribution in [1.82, 2.24) is 14.8 Å². The molecule has 2 aromatic rings. The van der Waals surface area contributed by atoms with Gasteiger partial charge in [0.15, 0.2) is 0 Å². The van der Waals surface area contributed by atoms with E-state index in [-0.39, 0.29) is 17.9 Å². The highest BCUT2D eigenvalue weighted by Crippen LogP contribution is 2.26. The molecule has 2 amide bonds. The monoisotopic (exact) mass is 421 g/mol. The quantitative estimate of drug-likeness (QED) is 0.740. The average molecular weight is 422 g/mol. The maximum absolute atomic E-state index is 13.2. The second kappa shape index (κ2) is 9.92. The molecule has 164 valence electrons. The lowest BCUT2D eigenvalue weighted by Crippen LogP contribution is -2.52. The minimum Gasteiger partial charge on any atom is -0.368 e. The van der Waals surface area contributed by atoms with Gasteiger partial charge in [0.25, 0.3) is 0 Å². The molecule has 2 aliphatic heterocycles. The second-order valence-electron chi connectivity index (χ2n) is 8.46. The first-order valence-electron chi connectivity index (χ1n) is 11.1. The first kappa shape index (κ1) is 21.3. The van der Waals surface area contributed by atoms with E-state index < -0.39 is 0 Å². The van der Waals surface area contributed by atoms with Gasteiger partial charge in [-0.3, -0.25) is 19.5 Å². The molecular weight excluding hydrogens is 390 g/mol. The number of aromatic nitrogens is 1. The number of pyridine rings is 1. The number of carbonyl (C=O) groups excluding carboxylic acids is 2. The van der Waals surface area contributed by atoms with E-state index in [4.69, 9.17) is 5.73 Å². The average Bonchev–Trinajstić information content (AvgIpc) is 3.30. The number of nitrogens with two attached hydrogens (primary N) is 1. The lowest BCUT2D eigenvalue weighted by molar-refractivity contribution is -0.132. The summed E-state index contributed by atoms with van der Waals surface area (Å²) in [5.74, 6) is -0.0797. The summed E-state index contributed by atoms with van der Waals surface area (Å²) in [6, 6.07) is 14.2. The Balaban J connectivity index is 1.37. The maximum atomic E-state index is 13.2. The molecule has 2 fully saturated rings. The summed E-state index contributed by atoms with van der Waals surface area (Å²) in [5.41, 5.74) is 7.69. The Kier molecular flexibility index (Phi) is 6.82. The summed E-state index contributed by atoms with van der Waals surface area (Å²) in [4.78, 5) is 35.4. The number of primary amides is 1. The molecule has 1 aromatic carbocycles. The molecule has 7 heteroatoms. The van der Waals surface area contributed by atoms with E-state index in [1.807, 2.05) is 53.6 Å². The van der Waals surface area contributed by atoms with Gasteiger partial charge in [0.1, 0.15) is 0 Å². The molecular formula is C24H31N5O2. The van der Waals surface area contributed by atoms with E-state index in [0.29, 0.717) is 19.1 Å². The topological polar surface area (TPSA) is 82.8 Å². The van der Waals surface area contributed by atoms with Crippen LogP contribution in [-0.2, 0) is 16.1 Å². The predicted octanol–water partition coefficient (Wildman–Crippen LogP) is 2.03. The molecule has 4 rings (SSSR count). The molecule has 2 N–H and O–H groups in total. The number of hydrogen-bond donors (Lipinski definition) is 1. The molecule has 31 heavy (non-hydrogen) atoms. The van der Waals surface area contributed by atoms with Gasteiger partial charge in [-0.2, -0.15) is 0 Å². The van der Waals surface area contributed by atoms with Crippen molar-refractivity contribution < 1.29 is 9.59 Å². The summed E-state index contributed by atoms with van der Waals surface area (Å²) in [5, 5.41) is 0. The zero-order valence-corrected chi connectivity index (χ0v) is 17.9. The van der Waals surface area contributed by atoms with Crippen LogP contribution in [-0.4, -0.2) is 64.9 Å². The standard InChI is InChI=1S/C24H31N5O2/c25-24(31)22-9-5-13-29(22)21-10-14-27(15-11-21)23(30)18-28(20-7-2-1-3-8-20)17-19-6-4-12-26-16-19/h1-4,6-8,12,16,21-22H,5,9-11,13-15,17-18H2,(H2,25,31). The van der Waals surface area contributed by atoms with Gasteiger partial charge in [0.2, 0.25) is 11.8 Å². The molecule has 0 saturated carbocycles. The van der Waals surface area contributed by atoms with E-state index >= 15 is 0 Å². The summed E-state index contributed by atoms with van der Waals surface area (Å²) in [6.07, 6.45) is 7.26. The normalized spacial score (nSPS) is 20.0. The number of anilines is 1. The highest BCUT2D eigenvalue weighted by atomic mass is 16.2. The molecule has 0 aliphatic carbocycles. The highest BCUT2D eigenvalue weighted by molar-refractivity contribution is 5.82. The largest absolute Gasteiger partial charge is 0.368 e. The number of carbonyl (C=O) groups is 2. The fourth-order valence-electron chi connectivity index (χ4n) is 4.83. The van der Waals surface area contributed by atoms with Crippen molar-refractivity contribution in [2.24, 2.45) is 5.73 Å². The zero-order chi connectivity index (χ0) is 21.6. The minimum absolute atomic E-state index is 0.138. The summed E-state index contributed by atoms with van der Waals surface area (Å²) in [6.45, 7) is 3.34. The third kappa shape index (κ3) is 5.22. The Bertz CT molecular complexity index is 868. The van der Waals surface area contributed by atoms with Gasteiger partial charge in [-0.25, -0.2) is 0 Å². The van der Waals surface area contributed by atoms with Gasteiger partial charge in [-0.1, -0.05) is 24.3 Å². The zero-order valence-electron chi connectivity index (χ0n) is 17.9. The Morgan fingerprint density at radius 2 is 1.81 bits per heavy atom. The molecule has 0 radical (unpaired) electrons. The number of benzene rings is 1. The number of rotatable bonds is 7. The highest BCUT2D eigenvalue weighted by Gasteiger charge is 2.36. The van der Waals surface area contributed by atoms with Crippen LogP contribution in [0.4, 0.5) is 5.69 Å². The summed E-state index contributed by atoms with van der Waals surface area (Å²) < 4.78 is 0. The van der Waals surface area contributed by atoms with Crippen molar-refractivity contribution in [1.29, 1.82) is 0 Å². The van der Waals surface area contributed by atoms with Gasteiger partial charge in [0.05, 0.1) is 12.6 Å². The van der Waals surface area contributed by atoms with E-state index in [9.17, 15) is 9.59 Å². The van der Waals surface area contributed by atoms with E-state index in [2.05, 4.69) is 14.8 Å². The van der Waals surface area contributed by atoms with Crippen molar-refractivity contribution in [2.75, 3.05) is 31.1 Å². The predicted molar refractivity (Wildman–Crippen MR) is 120 cm³/mol. The first-order valence-corrected chi connectivity index (χ1v) is 11.1. The van der Waals surface area contributed by atoms with Crippen LogP contribution in [0, 0.1) is 0 Å². The number of hydrogen-bond acceptors (Lipinski definition) is 5. The maximum Gasteiger partial charge on any atom is 0.242 e. The molecule has 3 heterocycles. The SMILES string of the molecule is NC(=O)C1CCCN1C1CCN(C(=O)CN(Cc2cccnc2)c2ccccc2)CC1. The Morgan fingerprint density at radius 3 is 2.48 bits per heavy atom. The molecule has 0 bridgehead atoms. The molecule has 0 spiro atoms. The lowest BCUT2D eigenvalue weighted by atomic mass is 10.0.